The Bertz CT molecular complexity index is 264. The van der Waals surface area contributed by atoms with Crippen molar-refractivity contribution in [2.45, 2.75) is 86.0 Å². The highest BCUT2D eigenvalue weighted by molar-refractivity contribution is 5.66. The first-order valence-corrected chi connectivity index (χ1v) is 8.74. The van der Waals surface area contributed by atoms with Crippen LogP contribution in [-0.4, -0.2) is 25.2 Å². The Balaban J connectivity index is 0. The van der Waals surface area contributed by atoms with Gasteiger partial charge in [0.2, 0.25) is 0 Å². The standard InChI is InChI=1S/C10H20O2.C8H16O2/c1-4-6-7-10(5-2)8-12-9(3)11;1-3-4-5-6-7-10-8(2)9/h10H,4-8H2,1-3H3;3-7H2,1-2H3. The smallest absolute Gasteiger partial charge is 0.302 e. The Kier molecular flexibility index (Phi) is 19.0. The normalized spacial score (nSPS) is 11.1. The Morgan fingerprint density at radius 2 is 1.41 bits per heavy atom. The molecule has 0 aromatic heterocycles. The van der Waals surface area contributed by atoms with E-state index in [0.29, 0.717) is 19.1 Å². The third-order valence-corrected chi connectivity index (χ3v) is 3.37. The molecule has 0 aliphatic rings. The third-order valence-electron chi connectivity index (χ3n) is 3.37. The van der Waals surface area contributed by atoms with E-state index < -0.39 is 0 Å². The molecule has 0 aromatic rings. The van der Waals surface area contributed by atoms with E-state index >= 15 is 0 Å². The fourth-order valence-corrected chi connectivity index (χ4v) is 1.88. The molecule has 0 spiro atoms. The summed E-state index contributed by atoms with van der Waals surface area (Å²) in [6.07, 6.45) is 9.38. The van der Waals surface area contributed by atoms with Gasteiger partial charge in [0.1, 0.15) is 0 Å². The Morgan fingerprint density at radius 3 is 1.86 bits per heavy atom. The lowest BCUT2D eigenvalue weighted by molar-refractivity contribution is -0.142. The van der Waals surface area contributed by atoms with Crippen LogP contribution in [0.15, 0.2) is 0 Å². The molecule has 132 valence electrons. The number of rotatable bonds is 11. The summed E-state index contributed by atoms with van der Waals surface area (Å²) in [4.78, 5) is 20.8. The first kappa shape index (κ1) is 23.2. The summed E-state index contributed by atoms with van der Waals surface area (Å²) in [6.45, 7) is 10.6. The van der Waals surface area contributed by atoms with E-state index in [-0.39, 0.29) is 11.9 Å². The van der Waals surface area contributed by atoms with Gasteiger partial charge in [0.15, 0.2) is 0 Å². The molecule has 0 aliphatic carbocycles. The number of ether oxygens (including phenoxy) is 2. The first-order valence-electron chi connectivity index (χ1n) is 8.74. The third kappa shape index (κ3) is 21.2. The average molecular weight is 316 g/mol. The van der Waals surface area contributed by atoms with Gasteiger partial charge in [-0.05, 0) is 18.8 Å². The van der Waals surface area contributed by atoms with Gasteiger partial charge < -0.3 is 9.47 Å². The molecule has 0 radical (unpaired) electrons. The predicted molar refractivity (Wildman–Crippen MR) is 90.7 cm³/mol. The molecule has 0 saturated carbocycles. The monoisotopic (exact) mass is 316 g/mol. The molecule has 22 heavy (non-hydrogen) atoms. The van der Waals surface area contributed by atoms with E-state index in [4.69, 9.17) is 9.47 Å². The lowest BCUT2D eigenvalue weighted by Gasteiger charge is -2.13. The Morgan fingerprint density at radius 1 is 0.818 bits per heavy atom. The topological polar surface area (TPSA) is 52.6 Å². The summed E-state index contributed by atoms with van der Waals surface area (Å²) in [5.74, 6) is 0.232. The maximum absolute atomic E-state index is 10.5. The van der Waals surface area contributed by atoms with E-state index in [0.717, 1.165) is 12.8 Å². The molecule has 0 saturated heterocycles. The van der Waals surface area contributed by atoms with Crippen LogP contribution < -0.4 is 0 Å². The highest BCUT2D eigenvalue weighted by atomic mass is 16.5. The van der Waals surface area contributed by atoms with Gasteiger partial charge in [-0.25, -0.2) is 0 Å². The lowest BCUT2D eigenvalue weighted by Crippen LogP contribution is -2.11. The Hall–Kier alpha value is -1.06. The summed E-state index contributed by atoms with van der Waals surface area (Å²) in [7, 11) is 0. The van der Waals surface area contributed by atoms with Gasteiger partial charge in [-0.15, -0.1) is 0 Å². The second kappa shape index (κ2) is 18.0. The molecule has 0 bridgehead atoms. The zero-order chi connectivity index (χ0) is 17.2. The molecule has 0 N–H and O–H groups in total. The minimum Gasteiger partial charge on any atom is -0.466 e. The van der Waals surface area contributed by atoms with Crippen molar-refractivity contribution in [2.24, 2.45) is 5.92 Å². The van der Waals surface area contributed by atoms with Gasteiger partial charge in [0.25, 0.3) is 0 Å². The summed E-state index contributed by atoms with van der Waals surface area (Å²) >= 11 is 0. The largest absolute Gasteiger partial charge is 0.466 e. The second-order valence-corrected chi connectivity index (χ2v) is 5.62. The minimum absolute atomic E-state index is 0.162. The molecule has 0 aromatic carbocycles. The number of unbranched alkanes of at least 4 members (excludes halogenated alkanes) is 4. The molecule has 0 fully saturated rings. The van der Waals surface area contributed by atoms with E-state index in [2.05, 4.69) is 20.8 Å². The molecule has 0 heterocycles. The lowest BCUT2D eigenvalue weighted by atomic mass is 10.0. The van der Waals surface area contributed by atoms with Gasteiger partial charge in [-0.2, -0.15) is 0 Å². The number of hydrogen-bond acceptors (Lipinski definition) is 4. The van der Waals surface area contributed by atoms with Gasteiger partial charge in [-0.3, -0.25) is 9.59 Å². The number of carbonyl (C=O) groups excluding carboxylic acids is 2. The van der Waals surface area contributed by atoms with Crippen molar-refractivity contribution in [1.29, 1.82) is 0 Å². The summed E-state index contributed by atoms with van der Waals surface area (Å²) in [5.41, 5.74) is 0. The van der Waals surface area contributed by atoms with Crippen molar-refractivity contribution in [3.05, 3.63) is 0 Å². The number of carbonyl (C=O) groups is 2. The van der Waals surface area contributed by atoms with Crippen molar-refractivity contribution in [2.75, 3.05) is 13.2 Å². The molecule has 0 aliphatic heterocycles. The fraction of sp³-hybridized carbons (Fsp3) is 0.889. The summed E-state index contributed by atoms with van der Waals surface area (Å²) < 4.78 is 9.70. The van der Waals surface area contributed by atoms with E-state index in [1.165, 1.54) is 52.4 Å². The maximum Gasteiger partial charge on any atom is 0.302 e. The van der Waals surface area contributed by atoms with Gasteiger partial charge >= 0.3 is 11.9 Å². The van der Waals surface area contributed by atoms with E-state index in [1.54, 1.807) is 0 Å². The van der Waals surface area contributed by atoms with Crippen LogP contribution in [0.4, 0.5) is 0 Å². The highest BCUT2D eigenvalue weighted by Crippen LogP contribution is 2.12. The van der Waals surface area contributed by atoms with Crippen molar-refractivity contribution < 1.29 is 19.1 Å². The summed E-state index contributed by atoms with van der Waals surface area (Å²) in [6, 6.07) is 0. The van der Waals surface area contributed by atoms with Crippen molar-refractivity contribution in [3.63, 3.8) is 0 Å². The molecular formula is C18H36O4. The number of esters is 2. The Labute approximate surface area is 136 Å². The van der Waals surface area contributed by atoms with Crippen LogP contribution in [0.2, 0.25) is 0 Å². The molecule has 1 unspecified atom stereocenters. The first-order chi connectivity index (χ1) is 10.5. The van der Waals surface area contributed by atoms with Crippen molar-refractivity contribution in [1.82, 2.24) is 0 Å². The predicted octanol–water partition coefficient (Wildman–Crippen LogP) is 4.90. The van der Waals surface area contributed by atoms with Crippen LogP contribution in [0.1, 0.15) is 86.0 Å². The van der Waals surface area contributed by atoms with Crippen LogP contribution in [0, 0.1) is 5.92 Å². The van der Waals surface area contributed by atoms with E-state index in [9.17, 15) is 9.59 Å². The SMILES string of the molecule is CCCCC(CC)COC(C)=O.CCCCCCOC(C)=O. The quantitative estimate of drug-likeness (QED) is 0.402. The van der Waals surface area contributed by atoms with Crippen LogP contribution in [0.25, 0.3) is 0 Å². The zero-order valence-electron chi connectivity index (χ0n) is 15.3. The van der Waals surface area contributed by atoms with Gasteiger partial charge in [-0.1, -0.05) is 59.3 Å². The number of hydrogen-bond donors (Lipinski definition) is 0. The highest BCUT2D eigenvalue weighted by Gasteiger charge is 2.06. The maximum atomic E-state index is 10.5. The van der Waals surface area contributed by atoms with Crippen LogP contribution in [-0.2, 0) is 19.1 Å². The van der Waals surface area contributed by atoms with Gasteiger partial charge in [0.05, 0.1) is 13.2 Å². The van der Waals surface area contributed by atoms with Crippen molar-refractivity contribution >= 4 is 11.9 Å². The summed E-state index contributed by atoms with van der Waals surface area (Å²) in [5, 5.41) is 0. The molecule has 4 nitrogen and oxygen atoms in total. The van der Waals surface area contributed by atoms with Crippen molar-refractivity contribution in [3.8, 4) is 0 Å². The molecule has 4 heteroatoms. The molecule has 0 rings (SSSR count). The van der Waals surface area contributed by atoms with Gasteiger partial charge in [0, 0.05) is 13.8 Å². The second-order valence-electron chi connectivity index (χ2n) is 5.62. The minimum atomic E-state index is -0.170. The average Bonchev–Trinajstić information content (AvgIpc) is 2.47. The van der Waals surface area contributed by atoms with Crippen LogP contribution in [0.5, 0.6) is 0 Å². The zero-order valence-corrected chi connectivity index (χ0v) is 15.3. The molecular weight excluding hydrogens is 280 g/mol. The van der Waals surface area contributed by atoms with Crippen LogP contribution >= 0.6 is 0 Å². The van der Waals surface area contributed by atoms with E-state index in [1.807, 2.05) is 0 Å². The fourth-order valence-electron chi connectivity index (χ4n) is 1.88. The molecule has 1 atom stereocenters. The molecule has 0 amide bonds. The van der Waals surface area contributed by atoms with Crippen LogP contribution in [0.3, 0.4) is 0 Å².